The number of H-pyrrole nitrogens is 1. The van der Waals surface area contributed by atoms with E-state index in [1.165, 1.54) is 6.92 Å². The number of ether oxygens (including phenoxy) is 2. The Labute approximate surface area is 233 Å². The van der Waals surface area contributed by atoms with Gasteiger partial charge in [0.1, 0.15) is 30.2 Å². The van der Waals surface area contributed by atoms with E-state index in [0.29, 0.717) is 11.6 Å². The molecular formula is C26H31FN3O10P. The molecular weight excluding hydrogens is 564 g/mol. The maximum atomic E-state index is 14.2. The van der Waals surface area contributed by atoms with Gasteiger partial charge in [-0.05, 0) is 32.2 Å². The van der Waals surface area contributed by atoms with Crippen molar-refractivity contribution in [2.75, 3.05) is 6.61 Å². The van der Waals surface area contributed by atoms with Gasteiger partial charge in [0, 0.05) is 11.8 Å². The van der Waals surface area contributed by atoms with E-state index in [4.69, 9.17) is 18.5 Å². The lowest BCUT2D eigenvalue weighted by Gasteiger charge is -2.30. The zero-order chi connectivity index (χ0) is 29.9. The highest BCUT2D eigenvalue weighted by molar-refractivity contribution is 7.52. The first-order chi connectivity index (χ1) is 19.4. The summed E-state index contributed by atoms with van der Waals surface area (Å²) in [5.41, 5.74) is -2.21. The highest BCUT2D eigenvalue weighted by Crippen LogP contribution is 2.49. The molecule has 41 heavy (non-hydrogen) atoms. The maximum Gasteiger partial charge on any atom is 0.459 e. The standard InChI is InChI=1S/C26H31FN3O10P/c1-14(2)37-25(34)15(3)29-41(36,39-20-10-6-8-16-7-4-5-9-17(16)20)40-21(13-31)23-19(32)11-22(38-23)30-12-18(27)24(33)28-26(30)35/h4-10,12,14-15,19,21-23,31-32H,11,13H2,1-3H3,(H,29,36)(H,28,33,35)/t15-,19?,21+,22+,23-,41-/m0/s1. The molecule has 15 heteroatoms. The number of halogens is 1. The van der Waals surface area contributed by atoms with Crippen LogP contribution in [0.2, 0.25) is 0 Å². The van der Waals surface area contributed by atoms with Crippen LogP contribution in [0.4, 0.5) is 4.39 Å². The van der Waals surface area contributed by atoms with E-state index in [2.05, 4.69) is 5.09 Å². The third kappa shape index (κ3) is 7.10. The molecule has 0 radical (unpaired) electrons. The van der Waals surface area contributed by atoms with E-state index < -0.39 is 74.1 Å². The van der Waals surface area contributed by atoms with Crippen LogP contribution in [0.25, 0.3) is 10.8 Å². The fraction of sp³-hybridized carbons (Fsp3) is 0.423. The molecule has 6 atom stereocenters. The first kappa shape index (κ1) is 30.6. The minimum atomic E-state index is -4.54. The molecule has 1 aromatic heterocycles. The highest BCUT2D eigenvalue weighted by Gasteiger charge is 2.45. The van der Waals surface area contributed by atoms with Crippen LogP contribution in [0, 0.1) is 5.82 Å². The molecule has 1 aliphatic rings. The molecule has 1 unspecified atom stereocenters. The van der Waals surface area contributed by atoms with E-state index in [9.17, 15) is 33.6 Å². The van der Waals surface area contributed by atoms with Gasteiger partial charge in [0.25, 0.3) is 5.56 Å². The molecule has 0 bridgehead atoms. The van der Waals surface area contributed by atoms with Gasteiger partial charge in [-0.3, -0.25) is 23.7 Å². The second-order valence-corrected chi connectivity index (χ2v) is 11.4. The minimum absolute atomic E-state index is 0.140. The van der Waals surface area contributed by atoms with Crippen LogP contribution in [0.1, 0.15) is 33.4 Å². The molecule has 2 aromatic carbocycles. The van der Waals surface area contributed by atoms with E-state index >= 15 is 0 Å². The topological polar surface area (TPSA) is 178 Å². The van der Waals surface area contributed by atoms with E-state index in [1.54, 1.807) is 49.2 Å². The first-order valence-corrected chi connectivity index (χ1v) is 14.3. The second-order valence-electron chi connectivity index (χ2n) is 9.73. The number of aromatic amines is 1. The summed E-state index contributed by atoms with van der Waals surface area (Å²) in [5.74, 6) is -1.86. The Morgan fingerprint density at radius 1 is 1.22 bits per heavy atom. The largest absolute Gasteiger partial charge is 0.462 e. The smallest absolute Gasteiger partial charge is 0.459 e. The van der Waals surface area contributed by atoms with Crippen molar-refractivity contribution in [2.24, 2.45) is 0 Å². The number of nitrogens with one attached hydrogen (secondary N) is 2. The molecule has 1 saturated heterocycles. The average molecular weight is 596 g/mol. The van der Waals surface area contributed by atoms with Crippen LogP contribution in [0.15, 0.2) is 58.3 Å². The van der Waals surface area contributed by atoms with E-state index in [1.807, 2.05) is 12.1 Å². The quantitative estimate of drug-likeness (QED) is 0.188. The SMILES string of the molecule is CC(C)OC(=O)[C@H](C)N[P@](=O)(Oc1cccc2ccccc12)O[C@H](CO)[C@H]1O[C@@H](n2cc(F)c(=O)[nH]c2=O)CC1O. The van der Waals surface area contributed by atoms with Gasteiger partial charge in [-0.2, -0.15) is 9.48 Å². The zero-order valence-corrected chi connectivity index (χ0v) is 23.3. The third-order valence-electron chi connectivity index (χ3n) is 6.22. The average Bonchev–Trinajstić information content (AvgIpc) is 3.30. The van der Waals surface area contributed by atoms with Crippen LogP contribution < -0.4 is 20.9 Å². The number of aromatic nitrogens is 2. The molecule has 1 aliphatic heterocycles. The molecule has 13 nitrogen and oxygen atoms in total. The van der Waals surface area contributed by atoms with Crippen molar-refractivity contribution in [3.63, 3.8) is 0 Å². The monoisotopic (exact) mass is 595 g/mol. The summed E-state index contributed by atoms with van der Waals surface area (Å²) in [4.78, 5) is 37.9. The Balaban J connectivity index is 1.63. The minimum Gasteiger partial charge on any atom is -0.462 e. The van der Waals surface area contributed by atoms with Crippen molar-refractivity contribution >= 4 is 24.5 Å². The molecule has 222 valence electrons. The number of aliphatic hydroxyl groups is 2. The van der Waals surface area contributed by atoms with Gasteiger partial charge >= 0.3 is 19.4 Å². The summed E-state index contributed by atoms with van der Waals surface area (Å²) >= 11 is 0. The molecule has 0 amide bonds. The van der Waals surface area contributed by atoms with Crippen molar-refractivity contribution < 1.29 is 42.5 Å². The van der Waals surface area contributed by atoms with Crippen molar-refractivity contribution in [1.29, 1.82) is 0 Å². The summed E-state index contributed by atoms with van der Waals surface area (Å²) < 4.78 is 51.3. The maximum absolute atomic E-state index is 14.2. The molecule has 0 aliphatic carbocycles. The highest BCUT2D eigenvalue weighted by atomic mass is 31.2. The van der Waals surface area contributed by atoms with Crippen LogP contribution in [0.3, 0.4) is 0 Å². The van der Waals surface area contributed by atoms with Crippen molar-refractivity contribution in [3.05, 3.63) is 75.3 Å². The predicted molar refractivity (Wildman–Crippen MR) is 144 cm³/mol. The summed E-state index contributed by atoms with van der Waals surface area (Å²) in [6, 6.07) is 10.9. The number of hydrogen-bond acceptors (Lipinski definition) is 10. The van der Waals surface area contributed by atoms with Crippen LogP contribution in [-0.4, -0.2) is 62.8 Å². The lowest BCUT2D eigenvalue weighted by Crippen LogP contribution is -2.42. The molecule has 0 saturated carbocycles. The Kier molecular flexibility index (Phi) is 9.42. The normalized spacial score (nSPS) is 21.9. The summed E-state index contributed by atoms with van der Waals surface area (Å²) in [5, 5.41) is 24.7. The van der Waals surface area contributed by atoms with Crippen molar-refractivity contribution in [3.8, 4) is 5.75 Å². The van der Waals surface area contributed by atoms with E-state index in [-0.39, 0.29) is 12.2 Å². The number of fused-ring (bicyclic) bond motifs is 1. The summed E-state index contributed by atoms with van der Waals surface area (Å²) in [6.45, 7) is 3.84. The van der Waals surface area contributed by atoms with Crippen molar-refractivity contribution in [1.82, 2.24) is 14.6 Å². The number of hydrogen-bond donors (Lipinski definition) is 4. The lowest BCUT2D eigenvalue weighted by molar-refractivity contribution is -0.149. The lowest BCUT2D eigenvalue weighted by atomic mass is 10.1. The molecule has 0 spiro atoms. The van der Waals surface area contributed by atoms with Gasteiger partial charge in [0.05, 0.1) is 25.0 Å². The number of benzene rings is 2. The molecule has 1 fully saturated rings. The van der Waals surface area contributed by atoms with Crippen molar-refractivity contribution in [2.45, 2.75) is 63.9 Å². The predicted octanol–water partition coefficient (Wildman–Crippen LogP) is 1.97. The van der Waals surface area contributed by atoms with Crippen LogP contribution in [-0.2, 0) is 23.4 Å². The van der Waals surface area contributed by atoms with Gasteiger partial charge in [-0.1, -0.05) is 36.4 Å². The summed E-state index contributed by atoms with van der Waals surface area (Å²) in [7, 11) is -4.54. The van der Waals surface area contributed by atoms with Crippen LogP contribution in [0.5, 0.6) is 5.75 Å². The number of carbonyl (C=O) groups is 1. The fourth-order valence-electron chi connectivity index (χ4n) is 4.34. The number of aliphatic hydroxyl groups excluding tert-OH is 2. The Hall–Kier alpha value is -3.39. The number of esters is 1. The number of rotatable bonds is 11. The van der Waals surface area contributed by atoms with E-state index in [0.717, 1.165) is 9.95 Å². The summed E-state index contributed by atoms with van der Waals surface area (Å²) in [6.07, 6.45) is -5.61. The molecule has 4 N–H and O–H groups in total. The van der Waals surface area contributed by atoms with Crippen LogP contribution >= 0.6 is 7.75 Å². The number of carbonyl (C=O) groups excluding carboxylic acids is 1. The second kappa shape index (κ2) is 12.6. The molecule has 3 aromatic rings. The Morgan fingerprint density at radius 2 is 1.93 bits per heavy atom. The Morgan fingerprint density at radius 3 is 2.63 bits per heavy atom. The molecule has 2 heterocycles. The van der Waals surface area contributed by atoms with Gasteiger partial charge in [-0.15, -0.1) is 0 Å². The third-order valence-corrected chi connectivity index (χ3v) is 7.91. The molecule has 4 rings (SSSR count). The van der Waals surface area contributed by atoms with Gasteiger partial charge in [-0.25, -0.2) is 9.36 Å². The Bertz CT molecular complexity index is 1550. The van der Waals surface area contributed by atoms with Gasteiger partial charge < -0.3 is 24.2 Å². The zero-order valence-electron chi connectivity index (χ0n) is 22.4. The first-order valence-electron chi connectivity index (χ1n) is 12.8. The fourth-order valence-corrected chi connectivity index (χ4v) is 6.04. The van der Waals surface area contributed by atoms with Gasteiger partial charge in [0.2, 0.25) is 5.82 Å². The number of nitrogens with zero attached hydrogens (tertiary/aromatic N) is 1. The van der Waals surface area contributed by atoms with Gasteiger partial charge in [0.15, 0.2) is 0 Å².